The summed E-state index contributed by atoms with van der Waals surface area (Å²) in [4.78, 5) is 0.199. The van der Waals surface area contributed by atoms with Gasteiger partial charge in [0.05, 0.1) is 23.9 Å². The summed E-state index contributed by atoms with van der Waals surface area (Å²) in [7, 11) is -1.91. The fourth-order valence-electron chi connectivity index (χ4n) is 1.65. The summed E-state index contributed by atoms with van der Waals surface area (Å²) in [5, 5.41) is 12.6. The first-order valence-electron chi connectivity index (χ1n) is 5.19. The van der Waals surface area contributed by atoms with Crippen molar-refractivity contribution in [3.63, 3.8) is 0 Å². The van der Waals surface area contributed by atoms with Gasteiger partial charge in [-0.2, -0.15) is 10.4 Å². The van der Waals surface area contributed by atoms with Gasteiger partial charge in [-0.1, -0.05) is 0 Å². The summed E-state index contributed by atoms with van der Waals surface area (Å²) < 4.78 is 28.2. The second kappa shape index (κ2) is 4.85. The van der Waals surface area contributed by atoms with Crippen LogP contribution < -0.4 is 4.72 Å². The number of sulfonamides is 1. The van der Waals surface area contributed by atoms with Crippen molar-refractivity contribution in [3.05, 3.63) is 11.4 Å². The maximum atomic E-state index is 12.1. The van der Waals surface area contributed by atoms with Gasteiger partial charge < -0.3 is 0 Å². The van der Waals surface area contributed by atoms with Crippen LogP contribution in [0.25, 0.3) is 0 Å². The Morgan fingerprint density at radius 1 is 1.53 bits per heavy atom. The van der Waals surface area contributed by atoms with Crippen LogP contribution in [0.2, 0.25) is 0 Å². The van der Waals surface area contributed by atoms with Gasteiger partial charge in [0.25, 0.3) is 0 Å². The second-order valence-corrected chi connectivity index (χ2v) is 5.66. The van der Waals surface area contributed by atoms with E-state index in [1.54, 1.807) is 27.8 Å². The maximum Gasteiger partial charge on any atom is 0.244 e. The first-order chi connectivity index (χ1) is 7.79. The quantitative estimate of drug-likeness (QED) is 0.855. The Balaban J connectivity index is 3.11. The summed E-state index contributed by atoms with van der Waals surface area (Å²) in [5.74, 6) is 0. The number of nitrogens with one attached hydrogen (secondary N) is 1. The molecule has 1 rings (SSSR count). The Kier molecular flexibility index (Phi) is 3.91. The highest BCUT2D eigenvalue weighted by Gasteiger charge is 2.25. The Morgan fingerprint density at radius 2 is 2.12 bits per heavy atom. The Labute approximate surface area is 101 Å². The minimum Gasteiger partial charge on any atom is -0.271 e. The molecule has 0 spiro atoms. The van der Waals surface area contributed by atoms with Gasteiger partial charge >= 0.3 is 0 Å². The molecule has 17 heavy (non-hydrogen) atoms. The molecular formula is C10H16N4O2S. The van der Waals surface area contributed by atoms with Gasteiger partial charge in [0, 0.05) is 13.1 Å². The highest BCUT2D eigenvalue weighted by atomic mass is 32.2. The van der Waals surface area contributed by atoms with Crippen LogP contribution in [0.3, 0.4) is 0 Å². The fraction of sp³-hybridized carbons (Fsp3) is 0.600. The number of nitriles is 1. The lowest BCUT2D eigenvalue weighted by molar-refractivity contribution is 0.561. The van der Waals surface area contributed by atoms with Crippen LogP contribution in [0.1, 0.15) is 24.7 Å². The average Bonchev–Trinajstić information content (AvgIpc) is 2.40. The van der Waals surface area contributed by atoms with Crippen molar-refractivity contribution in [2.24, 2.45) is 7.05 Å². The molecule has 1 heterocycles. The highest BCUT2D eigenvalue weighted by Crippen LogP contribution is 2.18. The SMILES string of the molecule is Cc1nn(C)c(C)c1S(=O)(=O)NC(C)CC#N. The molecule has 0 radical (unpaired) electrons. The van der Waals surface area contributed by atoms with Gasteiger partial charge in [-0.3, -0.25) is 4.68 Å². The molecule has 0 bridgehead atoms. The lowest BCUT2D eigenvalue weighted by Crippen LogP contribution is -2.32. The number of hydrogen-bond donors (Lipinski definition) is 1. The van der Waals surface area contributed by atoms with Crippen molar-refractivity contribution < 1.29 is 8.42 Å². The van der Waals surface area contributed by atoms with E-state index in [-0.39, 0.29) is 11.3 Å². The van der Waals surface area contributed by atoms with Crippen LogP contribution in [0.4, 0.5) is 0 Å². The van der Waals surface area contributed by atoms with Gasteiger partial charge in [-0.15, -0.1) is 0 Å². The monoisotopic (exact) mass is 256 g/mol. The molecule has 1 unspecified atom stereocenters. The molecule has 1 atom stereocenters. The molecule has 0 aliphatic heterocycles. The van der Waals surface area contributed by atoms with E-state index < -0.39 is 16.1 Å². The third kappa shape index (κ3) is 2.84. The van der Waals surface area contributed by atoms with Crippen molar-refractivity contribution in [3.8, 4) is 6.07 Å². The van der Waals surface area contributed by atoms with E-state index in [9.17, 15) is 8.42 Å². The zero-order valence-electron chi connectivity index (χ0n) is 10.4. The molecule has 0 saturated heterocycles. The normalized spacial score (nSPS) is 13.4. The van der Waals surface area contributed by atoms with Crippen LogP contribution in [0, 0.1) is 25.2 Å². The molecule has 6 nitrogen and oxygen atoms in total. The molecule has 1 aromatic rings. The molecule has 1 aromatic heterocycles. The Hall–Kier alpha value is -1.39. The molecule has 0 amide bonds. The highest BCUT2D eigenvalue weighted by molar-refractivity contribution is 7.89. The van der Waals surface area contributed by atoms with Crippen LogP contribution >= 0.6 is 0 Å². The van der Waals surface area contributed by atoms with Gasteiger partial charge in [-0.25, -0.2) is 13.1 Å². The topological polar surface area (TPSA) is 87.8 Å². The van der Waals surface area contributed by atoms with Crippen molar-refractivity contribution >= 4 is 10.0 Å². The van der Waals surface area contributed by atoms with Crippen molar-refractivity contribution in [2.45, 2.75) is 38.1 Å². The lowest BCUT2D eigenvalue weighted by Gasteiger charge is -2.11. The molecule has 0 aliphatic rings. The fourth-order valence-corrected chi connectivity index (χ4v) is 3.33. The minimum absolute atomic E-state index is 0.136. The van der Waals surface area contributed by atoms with Crippen LogP contribution in [-0.2, 0) is 17.1 Å². The predicted octanol–water partition coefficient (Wildman–Crippen LogP) is 0.617. The smallest absolute Gasteiger partial charge is 0.244 e. The summed E-state index contributed by atoms with van der Waals surface area (Å²) in [6.07, 6.45) is 0.136. The van der Waals surface area contributed by atoms with E-state index in [0.29, 0.717) is 11.4 Å². The molecule has 0 aliphatic carbocycles. The molecule has 7 heteroatoms. The maximum absolute atomic E-state index is 12.1. The number of aryl methyl sites for hydroxylation is 2. The number of aromatic nitrogens is 2. The van der Waals surface area contributed by atoms with Gasteiger partial charge in [-0.05, 0) is 20.8 Å². The lowest BCUT2D eigenvalue weighted by atomic mass is 10.3. The van der Waals surface area contributed by atoms with Crippen LogP contribution in [-0.4, -0.2) is 24.2 Å². The zero-order chi connectivity index (χ0) is 13.2. The first kappa shape index (κ1) is 13.7. The molecule has 1 N–H and O–H groups in total. The van der Waals surface area contributed by atoms with E-state index in [1.807, 2.05) is 6.07 Å². The van der Waals surface area contributed by atoms with E-state index >= 15 is 0 Å². The zero-order valence-corrected chi connectivity index (χ0v) is 11.2. The van der Waals surface area contributed by atoms with Crippen LogP contribution in [0.5, 0.6) is 0 Å². The summed E-state index contributed by atoms with van der Waals surface area (Å²) >= 11 is 0. The largest absolute Gasteiger partial charge is 0.271 e. The minimum atomic E-state index is -3.61. The number of nitrogens with zero attached hydrogens (tertiary/aromatic N) is 3. The van der Waals surface area contributed by atoms with E-state index in [4.69, 9.17) is 5.26 Å². The summed E-state index contributed by atoms with van der Waals surface area (Å²) in [6, 6.07) is 1.52. The number of hydrogen-bond acceptors (Lipinski definition) is 4. The Bertz CT molecular complexity index is 554. The van der Waals surface area contributed by atoms with Gasteiger partial charge in [0.15, 0.2) is 0 Å². The van der Waals surface area contributed by atoms with Crippen molar-refractivity contribution in [1.82, 2.24) is 14.5 Å². The molecule has 0 aromatic carbocycles. The number of rotatable bonds is 4. The van der Waals surface area contributed by atoms with Gasteiger partial charge in [0.2, 0.25) is 10.0 Å². The molecule has 0 fully saturated rings. The Morgan fingerprint density at radius 3 is 2.53 bits per heavy atom. The predicted molar refractivity (Wildman–Crippen MR) is 62.7 cm³/mol. The van der Waals surface area contributed by atoms with Crippen molar-refractivity contribution in [1.29, 1.82) is 5.26 Å². The third-order valence-corrected chi connectivity index (χ3v) is 4.31. The standard InChI is InChI=1S/C10H16N4O2S/c1-7(5-6-11)13-17(15,16)10-8(2)12-14(4)9(10)3/h7,13H,5H2,1-4H3. The summed E-state index contributed by atoms with van der Waals surface area (Å²) in [6.45, 7) is 5.00. The first-order valence-corrected chi connectivity index (χ1v) is 6.67. The summed E-state index contributed by atoms with van der Waals surface area (Å²) in [5.41, 5.74) is 1.04. The van der Waals surface area contributed by atoms with E-state index in [0.717, 1.165) is 0 Å². The third-order valence-electron chi connectivity index (χ3n) is 2.47. The van der Waals surface area contributed by atoms with Gasteiger partial charge in [0.1, 0.15) is 4.90 Å². The molecule has 0 saturated carbocycles. The van der Waals surface area contributed by atoms with E-state index in [1.165, 1.54) is 4.68 Å². The van der Waals surface area contributed by atoms with Crippen LogP contribution in [0.15, 0.2) is 4.90 Å². The van der Waals surface area contributed by atoms with E-state index in [2.05, 4.69) is 9.82 Å². The average molecular weight is 256 g/mol. The van der Waals surface area contributed by atoms with Crippen molar-refractivity contribution in [2.75, 3.05) is 0 Å². The molecular weight excluding hydrogens is 240 g/mol. The second-order valence-electron chi connectivity index (χ2n) is 4.01. The molecule has 94 valence electrons.